The first-order chi connectivity index (χ1) is 15.9. The van der Waals surface area contributed by atoms with Crippen LogP contribution in [-0.2, 0) is 22.6 Å². The zero-order chi connectivity index (χ0) is 23.6. The number of fused-ring (bicyclic) bond motifs is 1. The van der Waals surface area contributed by atoms with Gasteiger partial charge in [-0.05, 0) is 54.0 Å². The van der Waals surface area contributed by atoms with Crippen LogP contribution in [0.3, 0.4) is 0 Å². The summed E-state index contributed by atoms with van der Waals surface area (Å²) in [6.45, 7) is 5.31. The minimum atomic E-state index is -0.476. The van der Waals surface area contributed by atoms with Crippen molar-refractivity contribution in [3.8, 4) is 5.75 Å². The van der Waals surface area contributed by atoms with Crippen LogP contribution in [0.2, 0.25) is 0 Å². The van der Waals surface area contributed by atoms with E-state index in [1.165, 1.54) is 0 Å². The molecule has 1 heterocycles. The molecular weight excluding hydrogens is 418 g/mol. The third-order valence-corrected chi connectivity index (χ3v) is 5.49. The van der Waals surface area contributed by atoms with Crippen LogP contribution in [0, 0.1) is 11.8 Å². The quantitative estimate of drug-likeness (QED) is 0.344. The smallest absolute Gasteiger partial charge is 0.407 e. The van der Waals surface area contributed by atoms with Gasteiger partial charge in [-0.1, -0.05) is 44.2 Å². The molecule has 0 spiro atoms. The maximum Gasteiger partial charge on any atom is 0.407 e. The number of carbonyl (C=O) groups is 2. The van der Waals surface area contributed by atoms with Crippen molar-refractivity contribution in [2.24, 2.45) is 11.8 Å². The summed E-state index contributed by atoms with van der Waals surface area (Å²) in [5, 5.41) is 16.5. The fourth-order valence-electron chi connectivity index (χ4n) is 3.95. The summed E-state index contributed by atoms with van der Waals surface area (Å²) in [5.74, 6) is 0.615. The molecule has 0 aliphatic rings. The van der Waals surface area contributed by atoms with E-state index in [2.05, 4.69) is 29.5 Å². The fourth-order valence-corrected chi connectivity index (χ4v) is 3.95. The maximum absolute atomic E-state index is 12.5. The van der Waals surface area contributed by atoms with Crippen molar-refractivity contribution in [2.75, 3.05) is 13.1 Å². The molecule has 0 bridgehead atoms. The highest BCUT2D eigenvalue weighted by Crippen LogP contribution is 2.23. The molecule has 0 saturated heterocycles. The van der Waals surface area contributed by atoms with Gasteiger partial charge in [0.1, 0.15) is 12.4 Å². The second-order valence-corrected chi connectivity index (χ2v) is 8.79. The highest BCUT2D eigenvalue weighted by Gasteiger charge is 2.17. The summed E-state index contributed by atoms with van der Waals surface area (Å²) in [6, 6.07) is 14.7. The van der Waals surface area contributed by atoms with Gasteiger partial charge in [0.05, 0.1) is 0 Å². The number of phenols is 1. The third-order valence-electron chi connectivity index (χ3n) is 5.49. The summed E-state index contributed by atoms with van der Waals surface area (Å²) in [7, 11) is 0. The molecule has 1 aromatic heterocycles. The van der Waals surface area contributed by atoms with Crippen molar-refractivity contribution in [1.82, 2.24) is 15.6 Å². The number of ether oxygens (including phenoxy) is 1. The zero-order valence-corrected chi connectivity index (χ0v) is 19.3. The topological polar surface area (TPSA) is 103 Å². The Labute approximate surface area is 194 Å². The first-order valence-corrected chi connectivity index (χ1v) is 11.4. The van der Waals surface area contributed by atoms with Crippen LogP contribution >= 0.6 is 0 Å². The average Bonchev–Trinajstić information content (AvgIpc) is 3.18. The normalized spacial score (nSPS) is 12.0. The molecule has 0 saturated carbocycles. The Morgan fingerprint density at radius 3 is 2.64 bits per heavy atom. The van der Waals surface area contributed by atoms with Gasteiger partial charge in [-0.2, -0.15) is 0 Å². The molecule has 176 valence electrons. The first kappa shape index (κ1) is 24.2. The van der Waals surface area contributed by atoms with Gasteiger partial charge in [0.2, 0.25) is 5.91 Å². The van der Waals surface area contributed by atoms with E-state index in [9.17, 15) is 14.7 Å². The SMILES string of the molecule is CC(C)C[C@H](CNC(=O)OCc1ccccc1)CC(=O)NCCc1c[nH]c2ccc(O)cc12. The van der Waals surface area contributed by atoms with Crippen LogP contribution in [0.4, 0.5) is 4.79 Å². The predicted octanol–water partition coefficient (Wildman–Crippen LogP) is 4.51. The van der Waals surface area contributed by atoms with Crippen LogP contribution in [0.5, 0.6) is 5.75 Å². The van der Waals surface area contributed by atoms with Crippen molar-refractivity contribution in [3.63, 3.8) is 0 Å². The number of hydrogen-bond donors (Lipinski definition) is 4. The number of H-pyrrole nitrogens is 1. The first-order valence-electron chi connectivity index (χ1n) is 11.4. The maximum atomic E-state index is 12.5. The lowest BCUT2D eigenvalue weighted by Gasteiger charge is -2.19. The summed E-state index contributed by atoms with van der Waals surface area (Å²) in [4.78, 5) is 27.8. The van der Waals surface area contributed by atoms with E-state index in [0.717, 1.165) is 28.5 Å². The lowest BCUT2D eigenvalue weighted by molar-refractivity contribution is -0.122. The standard InChI is InChI=1S/C26H33N3O4/c1-18(2)12-20(15-29-26(32)33-17-19-6-4-3-5-7-19)13-25(31)27-11-10-21-16-28-24-9-8-22(30)14-23(21)24/h3-9,14,16,18,20,28,30H,10-13,15,17H2,1-2H3,(H,27,31)(H,29,32)/t20-/m0/s1. The number of rotatable bonds is 11. The largest absolute Gasteiger partial charge is 0.508 e. The Morgan fingerprint density at radius 1 is 1.09 bits per heavy atom. The molecule has 0 radical (unpaired) electrons. The molecule has 0 aliphatic carbocycles. The molecule has 4 N–H and O–H groups in total. The van der Waals surface area contributed by atoms with E-state index >= 15 is 0 Å². The van der Waals surface area contributed by atoms with Crippen LogP contribution in [-0.4, -0.2) is 35.2 Å². The van der Waals surface area contributed by atoms with Gasteiger partial charge < -0.3 is 25.5 Å². The van der Waals surface area contributed by atoms with E-state index in [1.807, 2.05) is 42.6 Å². The minimum absolute atomic E-state index is 0.0271. The lowest BCUT2D eigenvalue weighted by atomic mass is 9.93. The number of aromatic amines is 1. The Morgan fingerprint density at radius 2 is 1.88 bits per heavy atom. The van der Waals surface area contributed by atoms with Gasteiger partial charge in [0, 0.05) is 36.6 Å². The number of aromatic hydroxyl groups is 1. The third kappa shape index (κ3) is 7.86. The van der Waals surface area contributed by atoms with Gasteiger partial charge >= 0.3 is 6.09 Å². The molecule has 7 nitrogen and oxygen atoms in total. The van der Waals surface area contributed by atoms with Gasteiger partial charge in [0.15, 0.2) is 0 Å². The molecule has 2 aromatic carbocycles. The summed E-state index contributed by atoms with van der Waals surface area (Å²) in [6.07, 6.45) is 3.26. The molecule has 2 amide bonds. The van der Waals surface area contributed by atoms with Gasteiger partial charge in [0.25, 0.3) is 0 Å². The number of amides is 2. The number of nitrogens with one attached hydrogen (secondary N) is 3. The van der Waals surface area contributed by atoms with E-state index < -0.39 is 6.09 Å². The molecule has 7 heteroatoms. The van der Waals surface area contributed by atoms with Crippen molar-refractivity contribution < 1.29 is 19.4 Å². The number of hydrogen-bond acceptors (Lipinski definition) is 4. The Bertz CT molecular complexity index is 1050. The van der Waals surface area contributed by atoms with Crippen LogP contribution < -0.4 is 10.6 Å². The van der Waals surface area contributed by atoms with E-state index in [-0.39, 0.29) is 24.2 Å². The number of aromatic nitrogens is 1. The summed E-state index contributed by atoms with van der Waals surface area (Å²) in [5.41, 5.74) is 2.93. The van der Waals surface area contributed by atoms with E-state index in [4.69, 9.17) is 4.74 Å². The van der Waals surface area contributed by atoms with Crippen molar-refractivity contribution in [1.29, 1.82) is 0 Å². The molecule has 0 aliphatic heterocycles. The van der Waals surface area contributed by atoms with E-state index in [1.54, 1.807) is 12.1 Å². The molecule has 0 fully saturated rings. The molecule has 33 heavy (non-hydrogen) atoms. The Balaban J connectivity index is 1.43. The van der Waals surface area contributed by atoms with Crippen molar-refractivity contribution in [2.45, 2.75) is 39.7 Å². The van der Waals surface area contributed by atoms with Gasteiger partial charge in [-0.3, -0.25) is 4.79 Å². The molecule has 3 aromatic rings. The van der Waals surface area contributed by atoms with Crippen molar-refractivity contribution in [3.05, 3.63) is 65.9 Å². The zero-order valence-electron chi connectivity index (χ0n) is 19.3. The summed E-state index contributed by atoms with van der Waals surface area (Å²) < 4.78 is 5.27. The van der Waals surface area contributed by atoms with Gasteiger partial charge in [-0.25, -0.2) is 4.79 Å². The van der Waals surface area contributed by atoms with Gasteiger partial charge in [-0.15, -0.1) is 0 Å². The van der Waals surface area contributed by atoms with Crippen LogP contribution in [0.15, 0.2) is 54.7 Å². The monoisotopic (exact) mass is 451 g/mol. The number of benzene rings is 2. The van der Waals surface area contributed by atoms with Crippen LogP contribution in [0.25, 0.3) is 10.9 Å². The van der Waals surface area contributed by atoms with E-state index in [0.29, 0.717) is 31.8 Å². The average molecular weight is 452 g/mol. The molecule has 3 rings (SSSR count). The number of alkyl carbamates (subject to hydrolysis) is 1. The fraction of sp³-hybridized carbons (Fsp3) is 0.385. The van der Waals surface area contributed by atoms with Crippen LogP contribution in [0.1, 0.15) is 37.8 Å². The number of phenolic OH excluding ortho intramolecular Hbond substituents is 1. The molecular formula is C26H33N3O4. The lowest BCUT2D eigenvalue weighted by Crippen LogP contribution is -2.34. The predicted molar refractivity (Wildman–Crippen MR) is 129 cm³/mol. The van der Waals surface area contributed by atoms with Crippen molar-refractivity contribution >= 4 is 22.9 Å². The minimum Gasteiger partial charge on any atom is -0.508 e. The second kappa shape index (κ2) is 11.9. The molecule has 1 atom stereocenters. The summed E-state index contributed by atoms with van der Waals surface area (Å²) >= 11 is 0. The number of carbonyl (C=O) groups excluding carboxylic acids is 2. The molecule has 0 unspecified atom stereocenters. The Hall–Kier alpha value is -3.48. The Kier molecular flexibility index (Phi) is 8.75. The highest BCUT2D eigenvalue weighted by molar-refractivity contribution is 5.84. The second-order valence-electron chi connectivity index (χ2n) is 8.79. The highest BCUT2D eigenvalue weighted by atomic mass is 16.5.